The van der Waals surface area contributed by atoms with Gasteiger partial charge < -0.3 is 14.8 Å². The van der Waals surface area contributed by atoms with Crippen molar-refractivity contribution in [2.75, 3.05) is 13.7 Å². The zero-order chi connectivity index (χ0) is 18.1. The molecule has 0 saturated carbocycles. The molecular weight excluding hydrogens is 318 g/mol. The zero-order valence-electron chi connectivity index (χ0n) is 14.5. The minimum Gasteiger partial charge on any atom is -0.494 e. The Hall–Kier alpha value is -2.82. The molecule has 5 heteroatoms. The summed E-state index contributed by atoms with van der Waals surface area (Å²) in [5.41, 5.74) is 1.38. The average molecular weight is 341 g/mol. The number of amides is 1. The predicted molar refractivity (Wildman–Crippen MR) is 95.6 cm³/mol. The normalized spacial score (nSPS) is 11.4. The predicted octanol–water partition coefficient (Wildman–Crippen LogP) is 2.99. The van der Waals surface area contributed by atoms with E-state index in [1.54, 1.807) is 24.3 Å². The fourth-order valence-corrected chi connectivity index (χ4v) is 2.37. The molecule has 0 aliphatic rings. The van der Waals surface area contributed by atoms with Gasteiger partial charge in [-0.25, -0.2) is 4.79 Å². The molecule has 0 saturated heterocycles. The smallest absolute Gasteiger partial charge is 0.328 e. The minimum absolute atomic E-state index is 0.340. The number of esters is 1. The standard InChI is InChI=1S/C20H23NO4/c1-3-12-25-17-11-7-10-16(14-17)19(22)21-18(20(23)24-2)13-15-8-5-4-6-9-15/h4-11,14,18H,3,12-13H2,1-2H3,(H,21,22). The average Bonchev–Trinajstić information content (AvgIpc) is 2.66. The highest BCUT2D eigenvalue weighted by Crippen LogP contribution is 2.14. The van der Waals surface area contributed by atoms with E-state index in [9.17, 15) is 9.59 Å². The van der Waals surface area contributed by atoms with Gasteiger partial charge in [-0.15, -0.1) is 0 Å². The summed E-state index contributed by atoms with van der Waals surface area (Å²) in [4.78, 5) is 24.5. The molecule has 0 aliphatic heterocycles. The van der Waals surface area contributed by atoms with E-state index >= 15 is 0 Å². The number of carbonyl (C=O) groups is 2. The van der Waals surface area contributed by atoms with Crippen molar-refractivity contribution in [2.24, 2.45) is 0 Å². The summed E-state index contributed by atoms with van der Waals surface area (Å²) >= 11 is 0. The third kappa shape index (κ3) is 5.64. The Kier molecular flexibility index (Phi) is 7.01. The van der Waals surface area contributed by atoms with Gasteiger partial charge in [-0.1, -0.05) is 43.3 Å². The summed E-state index contributed by atoms with van der Waals surface area (Å²) in [7, 11) is 1.31. The molecule has 2 aromatic rings. The Balaban J connectivity index is 2.09. The number of nitrogens with one attached hydrogen (secondary N) is 1. The van der Waals surface area contributed by atoms with E-state index in [1.807, 2.05) is 37.3 Å². The van der Waals surface area contributed by atoms with E-state index in [1.165, 1.54) is 7.11 Å². The van der Waals surface area contributed by atoms with Crippen molar-refractivity contribution >= 4 is 11.9 Å². The summed E-state index contributed by atoms with van der Waals surface area (Å²) in [6, 6.07) is 15.6. The van der Waals surface area contributed by atoms with Gasteiger partial charge >= 0.3 is 5.97 Å². The van der Waals surface area contributed by atoms with Crippen LogP contribution in [-0.2, 0) is 16.0 Å². The van der Waals surface area contributed by atoms with Gasteiger partial charge in [-0.05, 0) is 30.2 Å². The molecule has 1 atom stereocenters. The third-order valence-corrected chi connectivity index (χ3v) is 3.64. The van der Waals surface area contributed by atoms with E-state index in [-0.39, 0.29) is 5.91 Å². The largest absolute Gasteiger partial charge is 0.494 e. The highest BCUT2D eigenvalue weighted by Gasteiger charge is 2.22. The van der Waals surface area contributed by atoms with Crippen molar-refractivity contribution in [3.63, 3.8) is 0 Å². The number of hydrogen-bond donors (Lipinski definition) is 1. The lowest BCUT2D eigenvalue weighted by atomic mass is 10.1. The zero-order valence-corrected chi connectivity index (χ0v) is 14.5. The molecule has 2 aromatic carbocycles. The first-order valence-corrected chi connectivity index (χ1v) is 8.29. The number of ether oxygens (including phenoxy) is 2. The second-order valence-electron chi connectivity index (χ2n) is 5.62. The highest BCUT2D eigenvalue weighted by molar-refractivity contribution is 5.97. The molecule has 25 heavy (non-hydrogen) atoms. The quantitative estimate of drug-likeness (QED) is 0.750. The Bertz CT molecular complexity index is 700. The number of carbonyl (C=O) groups excluding carboxylic acids is 2. The number of methoxy groups -OCH3 is 1. The van der Waals surface area contributed by atoms with E-state index in [4.69, 9.17) is 9.47 Å². The van der Waals surface area contributed by atoms with Crippen LogP contribution in [0.5, 0.6) is 5.75 Å². The van der Waals surface area contributed by atoms with Crippen LogP contribution in [0.3, 0.4) is 0 Å². The minimum atomic E-state index is -0.750. The van der Waals surface area contributed by atoms with Gasteiger partial charge in [0, 0.05) is 12.0 Å². The summed E-state index contributed by atoms with van der Waals surface area (Å²) in [6.07, 6.45) is 1.25. The van der Waals surface area contributed by atoms with Gasteiger partial charge in [-0.2, -0.15) is 0 Å². The molecule has 132 valence electrons. The van der Waals surface area contributed by atoms with Gasteiger partial charge in [0.25, 0.3) is 5.91 Å². The third-order valence-electron chi connectivity index (χ3n) is 3.64. The van der Waals surface area contributed by atoms with Gasteiger partial charge in [0.15, 0.2) is 0 Å². The Morgan fingerprint density at radius 3 is 2.52 bits per heavy atom. The lowest BCUT2D eigenvalue weighted by Crippen LogP contribution is -2.43. The lowest BCUT2D eigenvalue weighted by Gasteiger charge is -2.17. The van der Waals surface area contributed by atoms with E-state index in [0.717, 1.165) is 12.0 Å². The molecule has 2 rings (SSSR count). The van der Waals surface area contributed by atoms with E-state index in [0.29, 0.717) is 24.3 Å². The van der Waals surface area contributed by atoms with Crippen molar-refractivity contribution < 1.29 is 19.1 Å². The molecule has 0 aromatic heterocycles. The van der Waals surface area contributed by atoms with Crippen LogP contribution < -0.4 is 10.1 Å². The van der Waals surface area contributed by atoms with Crippen molar-refractivity contribution in [3.8, 4) is 5.75 Å². The Morgan fingerprint density at radius 2 is 1.84 bits per heavy atom. The summed E-state index contributed by atoms with van der Waals surface area (Å²) in [6.45, 7) is 2.60. The molecular formula is C20H23NO4. The van der Waals surface area contributed by atoms with Crippen LogP contribution in [0.2, 0.25) is 0 Å². The fourth-order valence-electron chi connectivity index (χ4n) is 2.37. The maximum Gasteiger partial charge on any atom is 0.328 e. The molecule has 0 radical (unpaired) electrons. The second-order valence-corrected chi connectivity index (χ2v) is 5.62. The fraction of sp³-hybridized carbons (Fsp3) is 0.300. The summed E-state index contributed by atoms with van der Waals surface area (Å²) < 4.78 is 10.4. The van der Waals surface area contributed by atoms with Crippen LogP contribution >= 0.6 is 0 Å². The lowest BCUT2D eigenvalue weighted by molar-refractivity contribution is -0.142. The Labute approximate surface area is 148 Å². The van der Waals surface area contributed by atoms with Crippen molar-refractivity contribution in [3.05, 3.63) is 65.7 Å². The molecule has 5 nitrogen and oxygen atoms in total. The molecule has 0 spiro atoms. The van der Waals surface area contributed by atoms with Gasteiger partial charge in [-0.3, -0.25) is 4.79 Å². The van der Waals surface area contributed by atoms with Crippen LogP contribution in [-0.4, -0.2) is 31.6 Å². The molecule has 1 amide bonds. The molecule has 0 bridgehead atoms. The maximum absolute atomic E-state index is 12.5. The summed E-state index contributed by atoms with van der Waals surface area (Å²) in [5.74, 6) is -0.184. The maximum atomic E-state index is 12.5. The molecule has 1 unspecified atom stereocenters. The van der Waals surface area contributed by atoms with Gasteiger partial charge in [0.05, 0.1) is 13.7 Å². The molecule has 1 N–H and O–H groups in total. The summed E-state index contributed by atoms with van der Waals surface area (Å²) in [5, 5.41) is 2.75. The number of rotatable bonds is 8. The van der Waals surface area contributed by atoms with Crippen molar-refractivity contribution in [1.29, 1.82) is 0 Å². The van der Waals surface area contributed by atoms with Crippen LogP contribution in [0.1, 0.15) is 29.3 Å². The second kappa shape index (κ2) is 9.47. The SMILES string of the molecule is CCCOc1cccc(C(=O)NC(Cc2ccccc2)C(=O)OC)c1. The van der Waals surface area contributed by atoms with Crippen molar-refractivity contribution in [1.82, 2.24) is 5.32 Å². The van der Waals surface area contributed by atoms with Crippen LogP contribution in [0, 0.1) is 0 Å². The first-order chi connectivity index (χ1) is 12.1. The molecule has 0 heterocycles. The van der Waals surface area contributed by atoms with E-state index < -0.39 is 12.0 Å². The van der Waals surface area contributed by atoms with Crippen molar-refractivity contribution in [2.45, 2.75) is 25.8 Å². The molecule has 0 aliphatic carbocycles. The van der Waals surface area contributed by atoms with Crippen LogP contribution in [0.15, 0.2) is 54.6 Å². The van der Waals surface area contributed by atoms with Gasteiger partial charge in [0.1, 0.15) is 11.8 Å². The topological polar surface area (TPSA) is 64.6 Å². The number of benzene rings is 2. The molecule has 0 fully saturated rings. The first-order valence-electron chi connectivity index (χ1n) is 8.29. The van der Waals surface area contributed by atoms with Crippen LogP contribution in [0.25, 0.3) is 0 Å². The highest BCUT2D eigenvalue weighted by atomic mass is 16.5. The Morgan fingerprint density at radius 1 is 1.08 bits per heavy atom. The monoisotopic (exact) mass is 341 g/mol. The number of hydrogen-bond acceptors (Lipinski definition) is 4. The van der Waals surface area contributed by atoms with E-state index in [2.05, 4.69) is 5.32 Å². The first kappa shape index (κ1) is 18.5. The van der Waals surface area contributed by atoms with Gasteiger partial charge in [0.2, 0.25) is 0 Å². The van der Waals surface area contributed by atoms with Crippen LogP contribution in [0.4, 0.5) is 0 Å².